The standard InChI is InChI=1S/C12H17BrN2O/c13-11-3-2-10(9-14)12(8-11)15-4-1-6-16-7-5-15/h2-3,8H,1,4-7,9,14H2. The Kier molecular flexibility index (Phi) is 4.21. The monoisotopic (exact) mass is 284 g/mol. The Hall–Kier alpha value is -0.580. The van der Waals surface area contributed by atoms with Crippen molar-refractivity contribution in [2.45, 2.75) is 13.0 Å². The van der Waals surface area contributed by atoms with Crippen molar-refractivity contribution in [1.29, 1.82) is 0 Å². The second-order valence-corrected chi connectivity index (χ2v) is 4.85. The number of anilines is 1. The van der Waals surface area contributed by atoms with Gasteiger partial charge in [-0.05, 0) is 24.1 Å². The molecule has 0 bridgehead atoms. The highest BCUT2D eigenvalue weighted by molar-refractivity contribution is 9.10. The maximum atomic E-state index is 5.77. The fourth-order valence-corrected chi connectivity index (χ4v) is 2.34. The summed E-state index contributed by atoms with van der Waals surface area (Å²) >= 11 is 3.51. The largest absolute Gasteiger partial charge is 0.380 e. The van der Waals surface area contributed by atoms with E-state index in [4.69, 9.17) is 10.5 Å². The molecule has 0 aromatic heterocycles. The van der Waals surface area contributed by atoms with Gasteiger partial charge in [-0.2, -0.15) is 0 Å². The lowest BCUT2D eigenvalue weighted by molar-refractivity contribution is 0.152. The molecule has 1 heterocycles. The molecule has 0 amide bonds. The fourth-order valence-electron chi connectivity index (χ4n) is 1.99. The molecule has 0 atom stereocenters. The van der Waals surface area contributed by atoms with Gasteiger partial charge >= 0.3 is 0 Å². The van der Waals surface area contributed by atoms with E-state index in [1.807, 2.05) is 6.07 Å². The Morgan fingerprint density at radius 2 is 2.19 bits per heavy atom. The number of nitrogens with zero attached hydrogens (tertiary/aromatic N) is 1. The quantitative estimate of drug-likeness (QED) is 0.904. The van der Waals surface area contributed by atoms with Crippen molar-refractivity contribution in [3.63, 3.8) is 0 Å². The summed E-state index contributed by atoms with van der Waals surface area (Å²) in [6.45, 7) is 4.24. The topological polar surface area (TPSA) is 38.5 Å². The molecule has 16 heavy (non-hydrogen) atoms. The summed E-state index contributed by atoms with van der Waals surface area (Å²) in [6.07, 6.45) is 1.08. The van der Waals surface area contributed by atoms with Crippen LogP contribution in [0.3, 0.4) is 0 Å². The van der Waals surface area contributed by atoms with Crippen molar-refractivity contribution < 1.29 is 4.74 Å². The average molecular weight is 285 g/mol. The van der Waals surface area contributed by atoms with E-state index < -0.39 is 0 Å². The van der Waals surface area contributed by atoms with Crippen molar-refractivity contribution in [2.75, 3.05) is 31.2 Å². The number of rotatable bonds is 2. The van der Waals surface area contributed by atoms with Gasteiger partial charge in [-0.3, -0.25) is 0 Å². The molecular formula is C12H17BrN2O. The highest BCUT2D eigenvalue weighted by Gasteiger charge is 2.13. The molecule has 88 valence electrons. The number of halogens is 1. The summed E-state index contributed by atoms with van der Waals surface area (Å²) in [5.41, 5.74) is 8.21. The van der Waals surface area contributed by atoms with Crippen molar-refractivity contribution in [1.82, 2.24) is 0 Å². The molecule has 1 aliphatic heterocycles. The van der Waals surface area contributed by atoms with E-state index in [9.17, 15) is 0 Å². The lowest BCUT2D eigenvalue weighted by Gasteiger charge is -2.24. The lowest BCUT2D eigenvalue weighted by atomic mass is 10.1. The van der Waals surface area contributed by atoms with Crippen molar-refractivity contribution >= 4 is 21.6 Å². The van der Waals surface area contributed by atoms with Crippen LogP contribution in [0.2, 0.25) is 0 Å². The molecule has 1 aromatic rings. The molecule has 0 aliphatic carbocycles. The summed E-state index contributed by atoms with van der Waals surface area (Å²) < 4.78 is 6.57. The second-order valence-electron chi connectivity index (χ2n) is 3.93. The third-order valence-electron chi connectivity index (χ3n) is 2.83. The predicted octanol–water partition coefficient (Wildman–Crippen LogP) is 2.13. The van der Waals surface area contributed by atoms with Crippen LogP contribution in [0.1, 0.15) is 12.0 Å². The molecule has 0 saturated carbocycles. The van der Waals surface area contributed by atoms with Crippen LogP contribution in [0.25, 0.3) is 0 Å². The Morgan fingerprint density at radius 3 is 3.00 bits per heavy atom. The first-order chi connectivity index (χ1) is 7.81. The van der Waals surface area contributed by atoms with Gasteiger partial charge in [0, 0.05) is 36.4 Å². The molecule has 1 saturated heterocycles. The molecular weight excluding hydrogens is 268 g/mol. The summed E-state index contributed by atoms with van der Waals surface area (Å²) in [7, 11) is 0. The zero-order chi connectivity index (χ0) is 11.4. The number of nitrogens with two attached hydrogens (primary N) is 1. The number of hydrogen-bond acceptors (Lipinski definition) is 3. The van der Waals surface area contributed by atoms with E-state index in [0.29, 0.717) is 6.54 Å². The molecule has 1 aliphatic rings. The van der Waals surface area contributed by atoms with Gasteiger partial charge < -0.3 is 15.4 Å². The zero-order valence-corrected chi connectivity index (χ0v) is 10.9. The molecule has 2 N–H and O–H groups in total. The van der Waals surface area contributed by atoms with Crippen molar-refractivity contribution in [2.24, 2.45) is 5.73 Å². The molecule has 4 heteroatoms. The zero-order valence-electron chi connectivity index (χ0n) is 9.29. The van der Waals surface area contributed by atoms with Gasteiger partial charge in [0.25, 0.3) is 0 Å². The van der Waals surface area contributed by atoms with Crippen LogP contribution in [0.5, 0.6) is 0 Å². The summed E-state index contributed by atoms with van der Waals surface area (Å²) in [4.78, 5) is 2.36. The van der Waals surface area contributed by atoms with Crippen LogP contribution >= 0.6 is 15.9 Å². The first-order valence-electron chi connectivity index (χ1n) is 5.62. The Labute approximate surface area is 105 Å². The normalized spacial score (nSPS) is 17.2. The maximum Gasteiger partial charge on any atom is 0.0641 e. The second kappa shape index (κ2) is 5.66. The first-order valence-corrected chi connectivity index (χ1v) is 6.42. The molecule has 0 unspecified atom stereocenters. The van der Waals surface area contributed by atoms with Gasteiger partial charge in [0.1, 0.15) is 0 Å². The third kappa shape index (κ3) is 2.75. The van der Waals surface area contributed by atoms with Gasteiger partial charge in [-0.25, -0.2) is 0 Å². The lowest BCUT2D eigenvalue weighted by Crippen LogP contribution is -2.27. The van der Waals surface area contributed by atoms with E-state index in [1.54, 1.807) is 0 Å². The smallest absolute Gasteiger partial charge is 0.0641 e. The molecule has 3 nitrogen and oxygen atoms in total. The van der Waals surface area contributed by atoms with Gasteiger partial charge in [0.05, 0.1) is 6.61 Å². The van der Waals surface area contributed by atoms with Crippen LogP contribution in [0.4, 0.5) is 5.69 Å². The summed E-state index contributed by atoms with van der Waals surface area (Å²) in [5, 5.41) is 0. The van der Waals surface area contributed by atoms with Gasteiger partial charge in [-0.15, -0.1) is 0 Å². The van der Waals surface area contributed by atoms with Crippen molar-refractivity contribution in [3.8, 4) is 0 Å². The molecule has 0 spiro atoms. The maximum absolute atomic E-state index is 5.77. The minimum absolute atomic E-state index is 0.583. The summed E-state index contributed by atoms with van der Waals surface area (Å²) in [6, 6.07) is 6.28. The molecule has 1 fully saturated rings. The van der Waals surface area contributed by atoms with Crippen molar-refractivity contribution in [3.05, 3.63) is 28.2 Å². The minimum atomic E-state index is 0.583. The van der Waals surface area contributed by atoms with Crippen LogP contribution < -0.4 is 10.6 Å². The van der Waals surface area contributed by atoms with E-state index in [0.717, 1.165) is 37.2 Å². The molecule has 2 rings (SSSR count). The summed E-state index contributed by atoms with van der Waals surface area (Å²) in [5.74, 6) is 0. The predicted molar refractivity (Wildman–Crippen MR) is 69.7 cm³/mol. The highest BCUT2D eigenvalue weighted by Crippen LogP contribution is 2.25. The van der Waals surface area contributed by atoms with E-state index in [1.165, 1.54) is 11.3 Å². The fraction of sp³-hybridized carbons (Fsp3) is 0.500. The first kappa shape index (κ1) is 11.9. The van der Waals surface area contributed by atoms with E-state index >= 15 is 0 Å². The van der Waals surface area contributed by atoms with E-state index in [-0.39, 0.29) is 0 Å². The van der Waals surface area contributed by atoms with Gasteiger partial charge in [0.2, 0.25) is 0 Å². The van der Waals surface area contributed by atoms with Gasteiger partial charge in [0.15, 0.2) is 0 Å². The highest BCUT2D eigenvalue weighted by atomic mass is 79.9. The third-order valence-corrected chi connectivity index (χ3v) is 3.32. The Balaban J connectivity index is 2.25. The van der Waals surface area contributed by atoms with Gasteiger partial charge in [-0.1, -0.05) is 22.0 Å². The molecule has 0 radical (unpaired) electrons. The number of ether oxygens (including phenoxy) is 1. The average Bonchev–Trinajstić information content (AvgIpc) is 2.57. The van der Waals surface area contributed by atoms with Crippen LogP contribution in [-0.2, 0) is 11.3 Å². The van der Waals surface area contributed by atoms with Crippen LogP contribution in [-0.4, -0.2) is 26.3 Å². The van der Waals surface area contributed by atoms with E-state index in [2.05, 4.69) is 33.0 Å². The number of benzene rings is 1. The number of hydrogen-bond donors (Lipinski definition) is 1. The Bertz CT molecular complexity index is 349. The van der Waals surface area contributed by atoms with Crippen LogP contribution in [0, 0.1) is 0 Å². The minimum Gasteiger partial charge on any atom is -0.380 e. The van der Waals surface area contributed by atoms with Crippen LogP contribution in [0.15, 0.2) is 22.7 Å². The SMILES string of the molecule is NCc1ccc(Br)cc1N1CCCOCC1. The Morgan fingerprint density at radius 1 is 1.31 bits per heavy atom. The molecule has 1 aromatic carbocycles.